The molecule has 0 aromatic heterocycles. The predicted molar refractivity (Wildman–Crippen MR) is 92.3 cm³/mol. The van der Waals surface area contributed by atoms with Crippen LogP contribution < -0.4 is 5.32 Å². The molecule has 1 atom stereocenters. The van der Waals surface area contributed by atoms with E-state index >= 15 is 0 Å². The Labute approximate surface area is 135 Å². The summed E-state index contributed by atoms with van der Waals surface area (Å²) >= 11 is 0. The second kappa shape index (κ2) is 7.28. The first kappa shape index (κ1) is 17.0. The van der Waals surface area contributed by atoms with E-state index in [1.165, 1.54) is 24.9 Å². The molecule has 1 fully saturated rings. The Bertz CT molecular complexity index is 487. The first-order valence-electron chi connectivity index (χ1n) is 8.47. The number of amides is 1. The summed E-state index contributed by atoms with van der Waals surface area (Å²) in [5, 5.41) is 3.04. The number of hydrogen-bond donors (Lipinski definition) is 1. The molecule has 2 rings (SSSR count). The van der Waals surface area contributed by atoms with Crippen LogP contribution in [0.25, 0.3) is 0 Å². The maximum atomic E-state index is 12.2. The normalized spacial score (nSPS) is 19.9. The lowest BCUT2D eigenvalue weighted by Gasteiger charge is -2.30. The van der Waals surface area contributed by atoms with E-state index in [1.54, 1.807) is 0 Å². The maximum absolute atomic E-state index is 12.2. The molecule has 0 spiro atoms. The van der Waals surface area contributed by atoms with Crippen molar-refractivity contribution in [2.75, 3.05) is 26.2 Å². The third kappa shape index (κ3) is 4.84. The van der Waals surface area contributed by atoms with Gasteiger partial charge in [0, 0.05) is 25.2 Å². The summed E-state index contributed by atoms with van der Waals surface area (Å²) < 4.78 is 0. The molecule has 1 amide bonds. The van der Waals surface area contributed by atoms with Crippen molar-refractivity contribution in [3.05, 3.63) is 35.4 Å². The molecule has 3 nitrogen and oxygen atoms in total. The summed E-state index contributed by atoms with van der Waals surface area (Å²) in [4.78, 5) is 14.6. The maximum Gasteiger partial charge on any atom is 0.251 e. The van der Waals surface area contributed by atoms with Crippen LogP contribution in [-0.4, -0.2) is 37.0 Å². The van der Waals surface area contributed by atoms with Crippen molar-refractivity contribution in [3.63, 3.8) is 0 Å². The second-order valence-electron chi connectivity index (χ2n) is 7.63. The number of piperidine rings is 1. The van der Waals surface area contributed by atoms with Gasteiger partial charge in [-0.1, -0.05) is 39.8 Å². The fraction of sp³-hybridized carbons (Fsp3) is 0.632. The van der Waals surface area contributed by atoms with Gasteiger partial charge in [-0.3, -0.25) is 4.79 Å². The van der Waals surface area contributed by atoms with Crippen molar-refractivity contribution in [2.24, 2.45) is 5.92 Å². The van der Waals surface area contributed by atoms with Crippen molar-refractivity contribution in [1.82, 2.24) is 10.2 Å². The highest BCUT2D eigenvalue weighted by molar-refractivity contribution is 5.94. The molecule has 0 radical (unpaired) electrons. The van der Waals surface area contributed by atoms with Gasteiger partial charge in [-0.05, 0) is 48.4 Å². The van der Waals surface area contributed by atoms with Crippen LogP contribution >= 0.6 is 0 Å². The number of nitrogens with zero attached hydrogens (tertiary/aromatic N) is 1. The van der Waals surface area contributed by atoms with Gasteiger partial charge in [0.2, 0.25) is 0 Å². The zero-order valence-corrected chi connectivity index (χ0v) is 14.5. The Morgan fingerprint density at radius 1 is 1.27 bits per heavy atom. The minimum Gasteiger partial charge on any atom is -0.351 e. The van der Waals surface area contributed by atoms with Crippen LogP contribution in [0.2, 0.25) is 0 Å². The monoisotopic (exact) mass is 302 g/mol. The van der Waals surface area contributed by atoms with Crippen molar-refractivity contribution in [3.8, 4) is 0 Å². The molecule has 1 aliphatic rings. The Hall–Kier alpha value is -1.35. The van der Waals surface area contributed by atoms with E-state index in [1.807, 2.05) is 12.1 Å². The largest absolute Gasteiger partial charge is 0.351 e. The van der Waals surface area contributed by atoms with E-state index in [2.05, 4.69) is 50.0 Å². The fourth-order valence-electron chi connectivity index (χ4n) is 3.04. The van der Waals surface area contributed by atoms with Crippen LogP contribution in [0.1, 0.15) is 56.5 Å². The number of carbonyl (C=O) groups excluding carboxylic acids is 1. The van der Waals surface area contributed by atoms with Crippen LogP contribution in [0, 0.1) is 5.92 Å². The molecule has 0 bridgehead atoms. The van der Waals surface area contributed by atoms with Gasteiger partial charge in [0.25, 0.3) is 5.91 Å². The Morgan fingerprint density at radius 2 is 1.95 bits per heavy atom. The molecule has 1 N–H and O–H groups in total. The number of hydrogen-bond acceptors (Lipinski definition) is 2. The average molecular weight is 302 g/mol. The molecule has 1 heterocycles. The summed E-state index contributed by atoms with van der Waals surface area (Å²) in [5.41, 5.74) is 2.13. The summed E-state index contributed by atoms with van der Waals surface area (Å²) in [5.74, 6) is 0.819. The lowest BCUT2D eigenvalue weighted by atomic mass is 9.87. The molecule has 22 heavy (non-hydrogen) atoms. The van der Waals surface area contributed by atoms with Gasteiger partial charge in [0.1, 0.15) is 0 Å². The lowest BCUT2D eigenvalue weighted by molar-refractivity contribution is 0.0943. The number of likely N-dealkylation sites (tertiary alicyclic amines) is 1. The third-order valence-electron chi connectivity index (χ3n) is 4.47. The molecule has 1 saturated heterocycles. The van der Waals surface area contributed by atoms with Crippen molar-refractivity contribution in [2.45, 2.75) is 46.0 Å². The Morgan fingerprint density at radius 3 is 2.55 bits per heavy atom. The van der Waals surface area contributed by atoms with Crippen molar-refractivity contribution < 1.29 is 4.79 Å². The Balaban J connectivity index is 1.79. The van der Waals surface area contributed by atoms with Crippen molar-refractivity contribution in [1.29, 1.82) is 0 Å². The van der Waals surface area contributed by atoms with E-state index in [0.717, 1.165) is 31.1 Å². The van der Waals surface area contributed by atoms with Gasteiger partial charge in [0.05, 0.1) is 0 Å². The topological polar surface area (TPSA) is 32.3 Å². The van der Waals surface area contributed by atoms with Gasteiger partial charge in [-0.15, -0.1) is 0 Å². The molecule has 1 aromatic carbocycles. The molecule has 1 aromatic rings. The highest BCUT2D eigenvalue weighted by Crippen LogP contribution is 2.22. The number of nitrogens with one attached hydrogen (secondary N) is 1. The highest BCUT2D eigenvalue weighted by atomic mass is 16.1. The van der Waals surface area contributed by atoms with E-state index in [4.69, 9.17) is 0 Å². The van der Waals surface area contributed by atoms with Gasteiger partial charge in [-0.2, -0.15) is 0 Å². The van der Waals surface area contributed by atoms with Gasteiger partial charge >= 0.3 is 0 Å². The van der Waals surface area contributed by atoms with Gasteiger partial charge < -0.3 is 10.2 Å². The zero-order chi connectivity index (χ0) is 16.2. The fourth-order valence-corrected chi connectivity index (χ4v) is 3.04. The molecule has 3 heteroatoms. The summed E-state index contributed by atoms with van der Waals surface area (Å²) in [6.07, 6.45) is 2.62. The van der Waals surface area contributed by atoms with E-state index < -0.39 is 0 Å². The van der Waals surface area contributed by atoms with Crippen LogP contribution in [-0.2, 0) is 5.41 Å². The van der Waals surface area contributed by atoms with Gasteiger partial charge in [-0.25, -0.2) is 0 Å². The summed E-state index contributed by atoms with van der Waals surface area (Å²) in [6, 6.07) is 7.97. The molecule has 0 saturated carbocycles. The first-order chi connectivity index (χ1) is 10.4. The second-order valence-corrected chi connectivity index (χ2v) is 7.63. The van der Waals surface area contributed by atoms with Crippen LogP contribution in [0.4, 0.5) is 0 Å². The number of benzene rings is 1. The molecule has 1 unspecified atom stereocenters. The average Bonchev–Trinajstić information content (AvgIpc) is 2.46. The minimum atomic E-state index is 0.0329. The van der Waals surface area contributed by atoms with Crippen molar-refractivity contribution >= 4 is 5.91 Å². The smallest absolute Gasteiger partial charge is 0.251 e. The predicted octanol–water partition coefficient (Wildman–Crippen LogP) is 3.45. The summed E-state index contributed by atoms with van der Waals surface area (Å²) in [6.45, 7) is 12.9. The SMILES string of the molecule is CC1CCCN(CCNC(=O)c2ccc(C(C)(C)C)cc2)C1. The minimum absolute atomic E-state index is 0.0329. The Kier molecular flexibility index (Phi) is 5.63. The summed E-state index contributed by atoms with van der Waals surface area (Å²) in [7, 11) is 0. The molecular formula is C19H30N2O. The number of carbonyl (C=O) groups is 1. The lowest BCUT2D eigenvalue weighted by Crippen LogP contribution is -2.40. The first-order valence-corrected chi connectivity index (χ1v) is 8.47. The third-order valence-corrected chi connectivity index (χ3v) is 4.47. The zero-order valence-electron chi connectivity index (χ0n) is 14.5. The standard InChI is InChI=1S/C19H30N2O/c1-15-6-5-12-21(14-15)13-11-20-18(22)16-7-9-17(10-8-16)19(2,3)4/h7-10,15H,5-6,11-14H2,1-4H3,(H,20,22). The quantitative estimate of drug-likeness (QED) is 0.924. The van der Waals surface area contributed by atoms with E-state index in [-0.39, 0.29) is 11.3 Å². The molecule has 1 aliphatic heterocycles. The molecular weight excluding hydrogens is 272 g/mol. The van der Waals surface area contributed by atoms with E-state index in [0.29, 0.717) is 0 Å². The highest BCUT2D eigenvalue weighted by Gasteiger charge is 2.16. The molecule has 122 valence electrons. The van der Waals surface area contributed by atoms with Crippen LogP contribution in [0.5, 0.6) is 0 Å². The van der Waals surface area contributed by atoms with Crippen LogP contribution in [0.3, 0.4) is 0 Å². The number of rotatable bonds is 4. The van der Waals surface area contributed by atoms with E-state index in [9.17, 15) is 4.79 Å². The van der Waals surface area contributed by atoms with Crippen LogP contribution in [0.15, 0.2) is 24.3 Å². The molecule has 0 aliphatic carbocycles. The van der Waals surface area contributed by atoms with Gasteiger partial charge in [0.15, 0.2) is 0 Å².